The maximum absolute atomic E-state index is 13.9. The number of alkyl halides is 4. The second kappa shape index (κ2) is 22.4. The fraction of sp³-hybridized carbons (Fsp3) is 0.767. The van der Waals surface area contributed by atoms with Gasteiger partial charge in [-0.15, -0.1) is 0 Å². The summed E-state index contributed by atoms with van der Waals surface area (Å²) < 4.78 is 45.2. The zero-order valence-electron chi connectivity index (χ0n) is 39.0. The summed E-state index contributed by atoms with van der Waals surface area (Å²) in [5, 5.41) is 10.8. The summed E-state index contributed by atoms with van der Waals surface area (Å²) >= 11 is 12.8. The summed E-state index contributed by atoms with van der Waals surface area (Å²) in [5.41, 5.74) is -5.64. The van der Waals surface area contributed by atoms with E-state index < -0.39 is 127 Å². The number of rotatable bonds is 25. The quantitative estimate of drug-likeness (QED) is 0.0442. The molecule has 5 atom stereocenters. The van der Waals surface area contributed by atoms with Crippen LogP contribution in [0, 0.1) is 28.1 Å². The van der Waals surface area contributed by atoms with E-state index in [4.69, 9.17) is 42.6 Å². The van der Waals surface area contributed by atoms with Crippen molar-refractivity contribution in [1.82, 2.24) is 4.90 Å². The first-order chi connectivity index (χ1) is 30.1. The van der Waals surface area contributed by atoms with Crippen LogP contribution in [0.2, 0.25) is 0 Å². The van der Waals surface area contributed by atoms with Gasteiger partial charge in [0.25, 0.3) is 0 Å². The fourth-order valence-electron chi connectivity index (χ4n) is 6.27. The van der Waals surface area contributed by atoms with Crippen molar-refractivity contribution in [1.29, 1.82) is 0 Å². The summed E-state index contributed by atoms with van der Waals surface area (Å²) in [6.45, 7) is 11.5. The Kier molecular flexibility index (Phi) is 19.5. The number of fused-ring (bicyclic) bond motifs is 5. The number of esters is 7. The molecule has 2 fully saturated rings. The second-order valence-electron chi connectivity index (χ2n) is 19.3. The highest BCUT2D eigenvalue weighted by molar-refractivity contribution is 9.10. The smallest absolute Gasteiger partial charge is 0.322 e. The molecule has 0 aliphatic carbocycles. The van der Waals surface area contributed by atoms with Crippen molar-refractivity contribution in [2.45, 2.75) is 112 Å². The van der Waals surface area contributed by atoms with Gasteiger partial charge >= 0.3 is 41.8 Å². The Labute approximate surface area is 418 Å². The minimum atomic E-state index is -1.97. The molecule has 3 heterocycles. The van der Waals surface area contributed by atoms with E-state index in [0.717, 1.165) is 0 Å². The molecule has 0 aromatic heterocycles. The number of ether oxygens (including phenoxy) is 9. The van der Waals surface area contributed by atoms with Gasteiger partial charge in [0.2, 0.25) is 5.91 Å². The van der Waals surface area contributed by atoms with Gasteiger partial charge in [0.1, 0.15) is 86.0 Å². The first-order valence-electron chi connectivity index (χ1n) is 20.9. The Morgan fingerprint density at radius 2 is 0.833 bits per heavy atom. The number of hydrogen-bond donors (Lipinski definition) is 1. The van der Waals surface area contributed by atoms with E-state index >= 15 is 0 Å². The van der Waals surface area contributed by atoms with E-state index in [1.807, 2.05) is 12.2 Å². The van der Waals surface area contributed by atoms with Crippen molar-refractivity contribution in [3.63, 3.8) is 0 Å². The van der Waals surface area contributed by atoms with Crippen LogP contribution in [0.1, 0.15) is 76.2 Å². The van der Waals surface area contributed by atoms with Crippen LogP contribution in [0.15, 0.2) is 12.2 Å². The lowest BCUT2D eigenvalue weighted by molar-refractivity contribution is -0.182. The molecule has 23 heteroatoms. The van der Waals surface area contributed by atoms with Gasteiger partial charge in [-0.25, -0.2) is 0 Å². The Balaban J connectivity index is 1.81. The van der Waals surface area contributed by atoms with Gasteiger partial charge in [-0.2, -0.15) is 0 Å². The highest BCUT2D eigenvalue weighted by atomic mass is 79.9. The topological polar surface area (TPSA) is 243 Å². The Bertz CT molecular complexity index is 1720. The average Bonchev–Trinajstić information content (AvgIpc) is 3.91. The number of carbonyl (C=O) groups excluding carboxylic acids is 8. The highest BCUT2D eigenvalue weighted by Gasteiger charge is 2.60. The Morgan fingerprint density at radius 3 is 1.17 bits per heavy atom. The number of aliphatic hydroxyl groups is 1. The maximum atomic E-state index is 13.9. The molecule has 0 aromatic rings. The average molecular weight is 1200 g/mol. The predicted octanol–water partition coefficient (Wildman–Crippen LogP) is 4.25. The summed E-state index contributed by atoms with van der Waals surface area (Å²) in [7, 11) is 0. The van der Waals surface area contributed by atoms with E-state index in [1.54, 1.807) is 0 Å². The van der Waals surface area contributed by atoms with Gasteiger partial charge in [-0.1, -0.05) is 75.9 Å². The lowest BCUT2D eigenvalue weighted by atomic mass is 9.85. The number of halogens is 4. The van der Waals surface area contributed by atoms with Crippen molar-refractivity contribution in [2.75, 3.05) is 66.0 Å². The van der Waals surface area contributed by atoms with Crippen LogP contribution >= 0.6 is 63.7 Å². The first kappa shape index (κ1) is 57.6. The van der Waals surface area contributed by atoms with Crippen LogP contribution in [0.5, 0.6) is 0 Å². The molecule has 3 unspecified atom stereocenters. The van der Waals surface area contributed by atoms with Gasteiger partial charge in [0.05, 0.1) is 31.3 Å². The van der Waals surface area contributed by atoms with Crippen molar-refractivity contribution < 1.29 is 86.1 Å². The highest BCUT2D eigenvalue weighted by Crippen LogP contribution is 2.47. The molecule has 0 saturated carbocycles. The van der Waals surface area contributed by atoms with Crippen LogP contribution in [-0.2, 0) is 81.0 Å². The normalized spacial score (nSPS) is 20.9. The molecule has 66 heavy (non-hydrogen) atoms. The summed E-state index contributed by atoms with van der Waals surface area (Å²) in [5.74, 6) is -7.30. The number of likely N-dealkylation sites (tertiary alicyclic amines) is 1. The van der Waals surface area contributed by atoms with Crippen molar-refractivity contribution >= 4 is 111 Å². The third kappa shape index (κ3) is 15.1. The number of carbonyl (C=O) groups is 8. The first-order valence-corrected chi connectivity index (χ1v) is 24.1. The third-order valence-electron chi connectivity index (χ3n) is 10.7. The molecule has 3 rings (SSSR count). The molecule has 3 aliphatic heterocycles. The molecular weight excluding hydrogens is 1140 g/mol. The summed E-state index contributed by atoms with van der Waals surface area (Å²) in [4.78, 5) is 107. The number of aliphatic hydroxyl groups excluding tert-OH is 1. The van der Waals surface area contributed by atoms with Gasteiger partial charge < -0.3 is 52.6 Å². The summed E-state index contributed by atoms with van der Waals surface area (Å²) in [6, 6.07) is 0. The standard InChI is InChI=1S/C43H61Br4NO18/c1-37(2,44)30(51)60-18-42(10,19-61-31(52)38(3,4)45)35(56)64-22-41(9,23-65-36(57)43(11,20-62-32(53)39(5,6)46)21-63-33(54)40(7,8)47)34(55)59-17-16-58-15-14-48-28(49)26-24-12-13-25(66-24)27(26)29(48)50/h12-13,24-28,49H,14-23H2,1-11H3/t24?,25?,26-,27+,28?/m1/s1. The van der Waals surface area contributed by atoms with E-state index in [1.165, 1.54) is 81.1 Å². The van der Waals surface area contributed by atoms with Gasteiger partial charge in [-0.05, 0) is 76.2 Å². The Morgan fingerprint density at radius 1 is 0.515 bits per heavy atom. The fourth-order valence-corrected chi connectivity index (χ4v) is 6.72. The van der Waals surface area contributed by atoms with Crippen LogP contribution < -0.4 is 0 Å². The van der Waals surface area contributed by atoms with Crippen LogP contribution in [0.4, 0.5) is 0 Å². The molecule has 0 aromatic carbocycles. The summed E-state index contributed by atoms with van der Waals surface area (Å²) in [6.07, 6.45) is 1.86. The largest absolute Gasteiger partial charge is 0.464 e. The molecule has 0 radical (unpaired) electrons. The zero-order chi connectivity index (χ0) is 50.4. The van der Waals surface area contributed by atoms with Crippen LogP contribution in [-0.4, -0.2) is 159 Å². The molecule has 1 N–H and O–H groups in total. The molecule has 374 valence electrons. The molecular formula is C43H61Br4NO18. The SMILES string of the molecule is CC(C)(Br)C(=O)OCC(C)(COC(=O)C(C)(C)Br)C(=O)OCC(C)(COC(=O)C(C)(COC(=O)C(C)(C)Br)COC(=O)C(C)(C)Br)C(=O)OCCOCCN1C(=O)[C@H]2C3C=CC(O3)[C@H]2C1O. The monoisotopic (exact) mass is 1200 g/mol. The molecule has 1 amide bonds. The minimum absolute atomic E-state index is 0.0194. The van der Waals surface area contributed by atoms with Gasteiger partial charge in [0, 0.05) is 12.5 Å². The van der Waals surface area contributed by atoms with Crippen molar-refractivity contribution in [3.05, 3.63) is 12.2 Å². The predicted molar refractivity (Wildman–Crippen MR) is 246 cm³/mol. The number of nitrogens with zero attached hydrogens (tertiary/aromatic N) is 1. The number of hydrogen-bond acceptors (Lipinski definition) is 18. The van der Waals surface area contributed by atoms with Crippen LogP contribution in [0.3, 0.4) is 0 Å². The van der Waals surface area contributed by atoms with Gasteiger partial charge in [-0.3, -0.25) is 38.4 Å². The molecule has 2 bridgehead atoms. The lowest BCUT2D eigenvalue weighted by Gasteiger charge is -2.33. The minimum Gasteiger partial charge on any atom is -0.464 e. The molecule has 2 saturated heterocycles. The van der Waals surface area contributed by atoms with Gasteiger partial charge in [0.15, 0.2) is 0 Å². The van der Waals surface area contributed by atoms with Crippen molar-refractivity contribution in [2.24, 2.45) is 28.1 Å². The zero-order valence-corrected chi connectivity index (χ0v) is 45.3. The van der Waals surface area contributed by atoms with Crippen molar-refractivity contribution in [3.8, 4) is 0 Å². The van der Waals surface area contributed by atoms with E-state index in [2.05, 4.69) is 63.7 Å². The number of amides is 1. The maximum Gasteiger partial charge on any atom is 0.322 e. The van der Waals surface area contributed by atoms with Crippen LogP contribution in [0.25, 0.3) is 0 Å². The third-order valence-corrected chi connectivity index (χ3v) is 12.0. The van der Waals surface area contributed by atoms with E-state index in [9.17, 15) is 43.5 Å². The molecule has 3 aliphatic rings. The lowest BCUT2D eigenvalue weighted by Crippen LogP contribution is -2.47. The Hall–Kier alpha value is -2.70. The van der Waals surface area contributed by atoms with E-state index in [0.29, 0.717) is 0 Å². The second-order valence-corrected chi connectivity index (χ2v) is 27.2. The molecule has 19 nitrogen and oxygen atoms in total. The van der Waals surface area contributed by atoms with E-state index in [-0.39, 0.29) is 50.4 Å². The molecule has 0 spiro atoms.